The summed E-state index contributed by atoms with van der Waals surface area (Å²) in [5, 5.41) is 6.47. The Bertz CT molecular complexity index is 879. The van der Waals surface area contributed by atoms with E-state index in [1.807, 2.05) is 18.3 Å². The van der Waals surface area contributed by atoms with E-state index in [9.17, 15) is 4.39 Å². The van der Waals surface area contributed by atoms with Gasteiger partial charge in [0, 0.05) is 24.3 Å². The van der Waals surface area contributed by atoms with Gasteiger partial charge in [0.2, 0.25) is 0 Å². The highest BCUT2D eigenvalue weighted by Crippen LogP contribution is 2.24. The Morgan fingerprint density at radius 1 is 1.14 bits per heavy atom. The summed E-state index contributed by atoms with van der Waals surface area (Å²) in [7, 11) is 0. The lowest BCUT2D eigenvalue weighted by Crippen LogP contribution is -1.93. The fourth-order valence-electron chi connectivity index (χ4n) is 2.70. The zero-order valence-corrected chi connectivity index (χ0v) is 18.3. The summed E-state index contributed by atoms with van der Waals surface area (Å²) in [6.45, 7) is 9.93. The van der Waals surface area contributed by atoms with Crippen LogP contribution in [-0.4, -0.2) is 22.4 Å². The molecule has 0 saturated heterocycles. The van der Waals surface area contributed by atoms with E-state index in [-0.39, 0.29) is 0 Å². The van der Waals surface area contributed by atoms with Crippen LogP contribution in [0.4, 0.5) is 4.39 Å². The van der Waals surface area contributed by atoms with Crippen molar-refractivity contribution in [3.63, 3.8) is 0 Å². The molecule has 2 aromatic heterocycles. The van der Waals surface area contributed by atoms with Gasteiger partial charge in [0.05, 0.1) is 11.0 Å². The van der Waals surface area contributed by atoms with Crippen LogP contribution in [0.1, 0.15) is 46.6 Å². The van der Waals surface area contributed by atoms with E-state index in [1.54, 1.807) is 6.92 Å². The molecule has 0 saturated carbocycles. The number of fused-ring (bicyclic) bond motifs is 1. The standard InChI is InChI=1S/C17H18N2.C5H8FN.C3H8/c1-13(2)11-14-12-19(15-7-4-3-5-8-15)16-9-6-10-18-17(14)16;1-5(4-6)2-3-7;1-3-2/h3-10,12-13H,11H2,1-2H3;2-3,7H,4H2,1H3;3H2,1-2H3/b;5-2-,7-3?;. The Labute approximate surface area is 174 Å². The number of nitrogens with zero attached hydrogens (tertiary/aromatic N) is 2. The van der Waals surface area contributed by atoms with Crippen LogP contribution in [0, 0.1) is 11.3 Å². The lowest BCUT2D eigenvalue weighted by Gasteiger charge is -2.03. The average molecular weight is 396 g/mol. The summed E-state index contributed by atoms with van der Waals surface area (Å²) in [5.74, 6) is 0.636. The maximum atomic E-state index is 11.4. The van der Waals surface area contributed by atoms with E-state index in [0.717, 1.165) is 18.2 Å². The summed E-state index contributed by atoms with van der Waals surface area (Å²) < 4.78 is 13.6. The summed E-state index contributed by atoms with van der Waals surface area (Å²) in [6.07, 6.45) is 8.93. The van der Waals surface area contributed by atoms with Crippen LogP contribution in [-0.2, 0) is 6.42 Å². The van der Waals surface area contributed by atoms with Gasteiger partial charge in [0.25, 0.3) is 0 Å². The van der Waals surface area contributed by atoms with Gasteiger partial charge in [-0.3, -0.25) is 4.98 Å². The molecule has 4 heteroatoms. The van der Waals surface area contributed by atoms with E-state index in [4.69, 9.17) is 5.41 Å². The number of benzene rings is 1. The zero-order valence-electron chi connectivity index (χ0n) is 18.3. The minimum Gasteiger partial charge on any atom is -0.315 e. The molecule has 2 heterocycles. The van der Waals surface area contributed by atoms with Gasteiger partial charge in [-0.15, -0.1) is 0 Å². The Morgan fingerprint density at radius 3 is 2.31 bits per heavy atom. The minimum atomic E-state index is -0.449. The van der Waals surface area contributed by atoms with Crippen LogP contribution >= 0.6 is 0 Å². The molecule has 0 bridgehead atoms. The van der Waals surface area contributed by atoms with E-state index in [2.05, 4.69) is 73.8 Å². The molecular weight excluding hydrogens is 361 g/mol. The predicted octanol–water partition coefficient (Wildman–Crippen LogP) is 7.19. The quantitative estimate of drug-likeness (QED) is 0.456. The fourth-order valence-corrected chi connectivity index (χ4v) is 2.70. The monoisotopic (exact) mass is 395 g/mol. The topological polar surface area (TPSA) is 41.7 Å². The molecular formula is C25H34FN3. The van der Waals surface area contributed by atoms with Crippen molar-refractivity contribution < 1.29 is 4.39 Å². The van der Waals surface area contributed by atoms with Crippen molar-refractivity contribution in [3.8, 4) is 5.69 Å². The van der Waals surface area contributed by atoms with Crippen LogP contribution in [0.2, 0.25) is 0 Å². The second-order valence-corrected chi connectivity index (χ2v) is 7.35. The Balaban J connectivity index is 0.000000355. The smallest absolute Gasteiger partial charge is 0.111 e. The van der Waals surface area contributed by atoms with Crippen molar-refractivity contribution in [3.05, 3.63) is 72.1 Å². The first-order valence-electron chi connectivity index (χ1n) is 10.2. The molecule has 0 atom stereocenters. The molecule has 29 heavy (non-hydrogen) atoms. The minimum absolute atomic E-state index is 0.449. The van der Waals surface area contributed by atoms with Gasteiger partial charge < -0.3 is 9.98 Å². The fraction of sp³-hybridized carbons (Fsp3) is 0.360. The third-order valence-electron chi connectivity index (χ3n) is 3.88. The Kier molecular flexibility index (Phi) is 11.2. The molecule has 3 nitrogen and oxygen atoms in total. The molecule has 0 aliphatic rings. The molecule has 0 amide bonds. The molecule has 3 aromatic rings. The number of aromatic nitrogens is 2. The number of halogens is 1. The maximum Gasteiger partial charge on any atom is 0.111 e. The number of pyridine rings is 1. The highest BCUT2D eigenvalue weighted by molar-refractivity contribution is 5.81. The van der Waals surface area contributed by atoms with Crippen LogP contribution < -0.4 is 0 Å². The highest BCUT2D eigenvalue weighted by atomic mass is 19.1. The third-order valence-corrected chi connectivity index (χ3v) is 3.88. The van der Waals surface area contributed by atoms with E-state index < -0.39 is 6.67 Å². The molecule has 0 fully saturated rings. The lowest BCUT2D eigenvalue weighted by molar-refractivity contribution is 0.543. The van der Waals surface area contributed by atoms with Crippen LogP contribution in [0.25, 0.3) is 16.7 Å². The molecule has 1 aromatic carbocycles. The van der Waals surface area contributed by atoms with Crippen molar-refractivity contribution in [1.82, 2.24) is 9.55 Å². The number of rotatable bonds is 5. The zero-order chi connectivity index (χ0) is 21.6. The second-order valence-electron chi connectivity index (χ2n) is 7.35. The molecule has 0 unspecified atom stereocenters. The van der Waals surface area contributed by atoms with E-state index in [1.165, 1.54) is 29.3 Å². The first-order valence-corrected chi connectivity index (χ1v) is 10.2. The second kappa shape index (κ2) is 13.4. The summed E-state index contributed by atoms with van der Waals surface area (Å²) in [5.41, 5.74) is 5.42. The van der Waals surface area contributed by atoms with Gasteiger partial charge in [-0.05, 0) is 60.7 Å². The Hall–Kier alpha value is -2.75. The number of para-hydroxylation sites is 1. The lowest BCUT2D eigenvalue weighted by atomic mass is 10.1. The largest absolute Gasteiger partial charge is 0.315 e. The summed E-state index contributed by atoms with van der Waals surface area (Å²) in [6, 6.07) is 14.6. The third kappa shape index (κ3) is 8.02. The van der Waals surface area contributed by atoms with Crippen molar-refractivity contribution in [2.75, 3.05) is 6.67 Å². The first kappa shape index (κ1) is 24.3. The van der Waals surface area contributed by atoms with E-state index >= 15 is 0 Å². The first-order chi connectivity index (χ1) is 14.0. The van der Waals surface area contributed by atoms with Gasteiger partial charge in [-0.1, -0.05) is 52.3 Å². The Morgan fingerprint density at radius 2 is 1.79 bits per heavy atom. The van der Waals surface area contributed by atoms with Crippen molar-refractivity contribution >= 4 is 17.2 Å². The maximum absolute atomic E-state index is 11.4. The SMILES string of the molecule is C/C(=C/C=N)CF.CC(C)Cc1cn(-c2ccccc2)c2cccnc12.CCC. The van der Waals surface area contributed by atoms with Gasteiger partial charge in [-0.2, -0.15) is 0 Å². The van der Waals surface area contributed by atoms with Crippen molar-refractivity contribution in [2.24, 2.45) is 5.92 Å². The predicted molar refractivity (Wildman–Crippen MR) is 124 cm³/mol. The van der Waals surface area contributed by atoms with Gasteiger partial charge >= 0.3 is 0 Å². The number of alkyl halides is 1. The molecule has 0 aliphatic heterocycles. The number of nitrogens with one attached hydrogen (secondary N) is 1. The summed E-state index contributed by atoms with van der Waals surface area (Å²) >= 11 is 0. The van der Waals surface area contributed by atoms with Gasteiger partial charge in [0.15, 0.2) is 0 Å². The molecule has 0 aliphatic carbocycles. The normalized spacial score (nSPS) is 10.8. The van der Waals surface area contributed by atoms with Crippen molar-refractivity contribution in [2.45, 2.75) is 47.5 Å². The molecule has 1 N–H and O–H groups in total. The molecule has 156 valence electrons. The van der Waals surface area contributed by atoms with Crippen LogP contribution in [0.3, 0.4) is 0 Å². The van der Waals surface area contributed by atoms with Gasteiger partial charge in [-0.25, -0.2) is 4.39 Å². The average Bonchev–Trinajstić information content (AvgIpc) is 3.08. The molecule has 3 rings (SSSR count). The molecule has 0 spiro atoms. The van der Waals surface area contributed by atoms with Crippen LogP contribution in [0.15, 0.2) is 66.5 Å². The van der Waals surface area contributed by atoms with E-state index in [0.29, 0.717) is 11.5 Å². The number of hydrogen-bond donors (Lipinski definition) is 1. The number of allylic oxidation sites excluding steroid dienone is 2. The van der Waals surface area contributed by atoms with Crippen LogP contribution in [0.5, 0.6) is 0 Å². The molecule has 0 radical (unpaired) electrons. The highest BCUT2D eigenvalue weighted by Gasteiger charge is 2.11. The summed E-state index contributed by atoms with van der Waals surface area (Å²) in [4.78, 5) is 4.56. The van der Waals surface area contributed by atoms with Gasteiger partial charge in [0.1, 0.15) is 6.67 Å². The van der Waals surface area contributed by atoms with Crippen molar-refractivity contribution in [1.29, 1.82) is 5.41 Å². The number of hydrogen-bond acceptors (Lipinski definition) is 2.